The molecule has 1 aliphatic carbocycles. The van der Waals surface area contributed by atoms with Gasteiger partial charge < -0.3 is 4.74 Å². The fourth-order valence-corrected chi connectivity index (χ4v) is 3.46. The van der Waals surface area contributed by atoms with Crippen LogP contribution in [-0.2, 0) is 9.53 Å². The second kappa shape index (κ2) is 7.07. The van der Waals surface area contributed by atoms with Crippen molar-refractivity contribution < 1.29 is 13.9 Å². The van der Waals surface area contributed by atoms with Gasteiger partial charge in [0.15, 0.2) is 5.70 Å². The van der Waals surface area contributed by atoms with Gasteiger partial charge >= 0.3 is 5.97 Å². The summed E-state index contributed by atoms with van der Waals surface area (Å²) in [5, 5.41) is 0. The van der Waals surface area contributed by atoms with Crippen molar-refractivity contribution in [1.29, 1.82) is 0 Å². The standard InChI is InChI=1S/C19H22FNO2/c1-2-4-13-7-9-15(10-8-13)18-21-17(19(22)23-18)12-14-5-3-6-16(20)11-14/h3,5-6,11-13,15H,2,4,7-10H2,1H3. The normalized spacial score (nSPS) is 26.3. The Kier molecular flexibility index (Phi) is 4.89. The van der Waals surface area contributed by atoms with Crippen molar-refractivity contribution in [3.05, 3.63) is 41.3 Å². The summed E-state index contributed by atoms with van der Waals surface area (Å²) < 4.78 is 18.6. The number of hydrogen-bond donors (Lipinski definition) is 0. The number of rotatable bonds is 4. The molecule has 4 heteroatoms. The molecular weight excluding hydrogens is 293 g/mol. The van der Waals surface area contributed by atoms with Gasteiger partial charge in [-0.1, -0.05) is 31.9 Å². The Bertz CT molecular complexity index is 643. The van der Waals surface area contributed by atoms with Crippen LogP contribution in [0.4, 0.5) is 4.39 Å². The van der Waals surface area contributed by atoms with Crippen LogP contribution in [0.25, 0.3) is 6.08 Å². The Labute approximate surface area is 136 Å². The van der Waals surface area contributed by atoms with Gasteiger partial charge in [-0.15, -0.1) is 0 Å². The molecule has 0 spiro atoms. The number of halogens is 1. The molecule has 0 aromatic heterocycles. The first-order valence-electron chi connectivity index (χ1n) is 8.43. The lowest BCUT2D eigenvalue weighted by atomic mass is 9.80. The van der Waals surface area contributed by atoms with Crippen molar-refractivity contribution in [3.63, 3.8) is 0 Å². The molecule has 0 unspecified atom stereocenters. The number of benzene rings is 1. The van der Waals surface area contributed by atoms with Crippen molar-refractivity contribution in [2.24, 2.45) is 16.8 Å². The van der Waals surface area contributed by atoms with Crippen LogP contribution >= 0.6 is 0 Å². The Morgan fingerprint density at radius 1 is 1.30 bits per heavy atom. The van der Waals surface area contributed by atoms with Gasteiger partial charge in [-0.05, 0) is 55.4 Å². The lowest BCUT2D eigenvalue weighted by Crippen LogP contribution is -2.22. The fraction of sp³-hybridized carbons (Fsp3) is 0.474. The second-order valence-electron chi connectivity index (χ2n) is 6.43. The molecule has 122 valence electrons. The van der Waals surface area contributed by atoms with E-state index in [2.05, 4.69) is 11.9 Å². The monoisotopic (exact) mass is 315 g/mol. The van der Waals surface area contributed by atoms with E-state index in [0.29, 0.717) is 11.5 Å². The minimum atomic E-state index is -0.431. The highest BCUT2D eigenvalue weighted by Crippen LogP contribution is 2.34. The summed E-state index contributed by atoms with van der Waals surface area (Å²) in [6, 6.07) is 6.11. The Hall–Kier alpha value is -1.97. The van der Waals surface area contributed by atoms with Gasteiger partial charge in [0, 0.05) is 5.92 Å². The molecule has 1 saturated carbocycles. The molecule has 0 saturated heterocycles. The van der Waals surface area contributed by atoms with E-state index in [0.717, 1.165) is 18.8 Å². The average molecular weight is 315 g/mol. The first-order valence-corrected chi connectivity index (χ1v) is 8.43. The molecule has 0 atom stereocenters. The van der Waals surface area contributed by atoms with Crippen LogP contribution in [0.2, 0.25) is 0 Å². The van der Waals surface area contributed by atoms with Crippen molar-refractivity contribution >= 4 is 17.9 Å². The summed E-state index contributed by atoms with van der Waals surface area (Å²) in [6.45, 7) is 2.22. The number of hydrogen-bond acceptors (Lipinski definition) is 3. The predicted molar refractivity (Wildman–Crippen MR) is 88.3 cm³/mol. The van der Waals surface area contributed by atoms with Crippen LogP contribution in [0.1, 0.15) is 51.0 Å². The number of carbonyl (C=O) groups is 1. The molecule has 23 heavy (non-hydrogen) atoms. The zero-order valence-electron chi connectivity index (χ0n) is 13.4. The number of esters is 1. The van der Waals surface area contributed by atoms with Crippen LogP contribution in [-0.4, -0.2) is 11.9 Å². The molecule has 3 nitrogen and oxygen atoms in total. The van der Waals surface area contributed by atoms with E-state index in [1.54, 1.807) is 18.2 Å². The van der Waals surface area contributed by atoms with Crippen LogP contribution in [0.15, 0.2) is 35.0 Å². The zero-order valence-corrected chi connectivity index (χ0v) is 13.4. The maximum absolute atomic E-state index is 13.2. The number of nitrogens with zero attached hydrogens (tertiary/aromatic N) is 1. The summed E-state index contributed by atoms with van der Waals surface area (Å²) in [4.78, 5) is 16.4. The van der Waals surface area contributed by atoms with E-state index < -0.39 is 5.97 Å². The molecule has 1 aromatic carbocycles. The first kappa shape index (κ1) is 15.9. The van der Waals surface area contributed by atoms with Gasteiger partial charge in [-0.25, -0.2) is 14.2 Å². The third-order valence-corrected chi connectivity index (χ3v) is 4.68. The molecule has 0 N–H and O–H groups in total. The van der Waals surface area contributed by atoms with E-state index in [1.165, 1.54) is 37.8 Å². The van der Waals surface area contributed by atoms with E-state index in [4.69, 9.17) is 4.74 Å². The van der Waals surface area contributed by atoms with Gasteiger partial charge in [0.1, 0.15) is 5.82 Å². The van der Waals surface area contributed by atoms with E-state index >= 15 is 0 Å². The summed E-state index contributed by atoms with van der Waals surface area (Å²) in [5.41, 5.74) is 0.884. The highest BCUT2D eigenvalue weighted by molar-refractivity contribution is 6.07. The van der Waals surface area contributed by atoms with Crippen molar-refractivity contribution in [3.8, 4) is 0 Å². The topological polar surface area (TPSA) is 38.7 Å². The Morgan fingerprint density at radius 2 is 2.09 bits per heavy atom. The number of carbonyl (C=O) groups excluding carboxylic acids is 1. The molecule has 2 aliphatic rings. The van der Waals surface area contributed by atoms with Crippen molar-refractivity contribution in [1.82, 2.24) is 0 Å². The first-order chi connectivity index (χ1) is 11.2. The lowest BCUT2D eigenvalue weighted by Gasteiger charge is -2.27. The van der Waals surface area contributed by atoms with Gasteiger partial charge in [-0.3, -0.25) is 0 Å². The van der Waals surface area contributed by atoms with Crippen molar-refractivity contribution in [2.75, 3.05) is 0 Å². The summed E-state index contributed by atoms with van der Waals surface area (Å²) >= 11 is 0. The van der Waals surface area contributed by atoms with E-state index in [-0.39, 0.29) is 17.4 Å². The van der Waals surface area contributed by atoms with E-state index in [9.17, 15) is 9.18 Å². The molecule has 0 radical (unpaired) electrons. The molecule has 1 heterocycles. The zero-order chi connectivity index (χ0) is 16.2. The molecule has 1 fully saturated rings. The SMILES string of the molecule is CCCC1CCC(C2=NC(=Cc3cccc(F)c3)C(=O)O2)CC1. The molecular formula is C19H22FNO2. The van der Waals surface area contributed by atoms with Gasteiger partial charge in [0.25, 0.3) is 0 Å². The van der Waals surface area contributed by atoms with Crippen LogP contribution < -0.4 is 0 Å². The highest BCUT2D eigenvalue weighted by Gasteiger charge is 2.32. The number of cyclic esters (lactones) is 1. The van der Waals surface area contributed by atoms with Crippen LogP contribution in [0.3, 0.4) is 0 Å². The predicted octanol–water partition coefficient (Wildman–Crippen LogP) is 4.73. The van der Waals surface area contributed by atoms with Crippen molar-refractivity contribution in [2.45, 2.75) is 45.4 Å². The molecule has 1 aromatic rings. The summed E-state index contributed by atoms with van der Waals surface area (Å²) in [7, 11) is 0. The molecule has 1 aliphatic heterocycles. The largest absolute Gasteiger partial charge is 0.406 e. The Balaban J connectivity index is 1.70. The highest BCUT2D eigenvalue weighted by atomic mass is 19.1. The van der Waals surface area contributed by atoms with Gasteiger partial charge in [-0.2, -0.15) is 0 Å². The summed E-state index contributed by atoms with van der Waals surface area (Å²) in [6.07, 6.45) is 8.51. The molecule has 0 amide bonds. The van der Waals surface area contributed by atoms with Crippen LogP contribution in [0, 0.1) is 17.7 Å². The van der Waals surface area contributed by atoms with Gasteiger partial charge in [0.05, 0.1) is 0 Å². The number of ether oxygens (including phenoxy) is 1. The van der Waals surface area contributed by atoms with Gasteiger partial charge in [0.2, 0.25) is 5.90 Å². The fourth-order valence-electron chi connectivity index (χ4n) is 3.46. The third-order valence-electron chi connectivity index (χ3n) is 4.68. The van der Waals surface area contributed by atoms with E-state index in [1.807, 2.05) is 0 Å². The second-order valence-corrected chi connectivity index (χ2v) is 6.43. The minimum absolute atomic E-state index is 0.241. The third kappa shape index (κ3) is 3.87. The molecule has 3 rings (SSSR count). The number of aliphatic imine (C=N–C) groups is 1. The Morgan fingerprint density at radius 3 is 2.78 bits per heavy atom. The smallest absolute Gasteiger partial charge is 0.363 e. The van der Waals surface area contributed by atoms with Crippen LogP contribution in [0.5, 0.6) is 0 Å². The lowest BCUT2D eigenvalue weighted by molar-refractivity contribution is -0.130. The quantitative estimate of drug-likeness (QED) is 0.595. The maximum Gasteiger partial charge on any atom is 0.363 e. The maximum atomic E-state index is 13.2. The average Bonchev–Trinajstić information content (AvgIpc) is 2.89. The minimum Gasteiger partial charge on any atom is -0.406 e. The summed E-state index contributed by atoms with van der Waals surface area (Å²) in [5.74, 6) is 0.832. The molecule has 0 bridgehead atoms.